The second-order valence-corrected chi connectivity index (χ2v) is 6.73. The monoisotopic (exact) mass is 306 g/mol. The number of hydrogen-bond donors (Lipinski definition) is 0. The van der Waals surface area contributed by atoms with Crippen LogP contribution in [0.5, 0.6) is 0 Å². The Morgan fingerprint density at radius 1 is 1.26 bits per heavy atom. The topological polar surface area (TPSA) is 69.9 Å². The van der Waals surface area contributed by atoms with Gasteiger partial charge in [-0.3, -0.25) is 4.79 Å². The molecule has 0 bridgehead atoms. The number of nitriles is 1. The fourth-order valence-electron chi connectivity index (χ4n) is 2.60. The summed E-state index contributed by atoms with van der Waals surface area (Å²) in [7, 11) is 0. The molecule has 1 aromatic heterocycles. The smallest absolute Gasteiger partial charge is 0.255 e. The van der Waals surface area contributed by atoms with Gasteiger partial charge < -0.3 is 4.90 Å². The van der Waals surface area contributed by atoms with Gasteiger partial charge >= 0.3 is 0 Å². The standard InChI is InChI=1S/C18H18N4O/c1-18(2,3)17-20-9-13-10-22(11-15(13)21-17)16(23)14-7-5-4-6-12(14)8-19/h4-7,9H,10-11H2,1-3H3. The van der Waals surface area contributed by atoms with E-state index in [1.54, 1.807) is 29.2 Å². The van der Waals surface area contributed by atoms with Crippen LogP contribution in [0.4, 0.5) is 0 Å². The van der Waals surface area contributed by atoms with Gasteiger partial charge in [0.05, 0.1) is 29.4 Å². The Bertz CT molecular complexity index is 815. The molecule has 0 unspecified atom stereocenters. The summed E-state index contributed by atoms with van der Waals surface area (Å²) in [5, 5.41) is 9.17. The van der Waals surface area contributed by atoms with E-state index in [0.717, 1.165) is 17.1 Å². The van der Waals surface area contributed by atoms with E-state index in [4.69, 9.17) is 5.26 Å². The Balaban J connectivity index is 1.88. The molecule has 0 spiro atoms. The molecule has 3 rings (SSSR count). The van der Waals surface area contributed by atoms with Crippen molar-refractivity contribution in [2.75, 3.05) is 0 Å². The molecule has 1 amide bonds. The zero-order chi connectivity index (χ0) is 16.6. The molecule has 23 heavy (non-hydrogen) atoms. The average Bonchev–Trinajstić information content (AvgIpc) is 2.96. The second kappa shape index (κ2) is 5.47. The summed E-state index contributed by atoms with van der Waals surface area (Å²) in [5.41, 5.74) is 2.58. The Kier molecular flexibility index (Phi) is 3.61. The summed E-state index contributed by atoms with van der Waals surface area (Å²) in [4.78, 5) is 23.5. The van der Waals surface area contributed by atoms with Gasteiger partial charge in [0.1, 0.15) is 5.82 Å². The fraction of sp³-hybridized carbons (Fsp3) is 0.333. The van der Waals surface area contributed by atoms with Crippen molar-refractivity contribution in [2.24, 2.45) is 0 Å². The first-order chi connectivity index (χ1) is 10.9. The first-order valence-electron chi connectivity index (χ1n) is 7.54. The lowest BCUT2D eigenvalue weighted by molar-refractivity contribution is 0.0750. The molecule has 0 atom stereocenters. The van der Waals surface area contributed by atoms with E-state index in [1.807, 2.05) is 6.20 Å². The number of hydrogen-bond acceptors (Lipinski definition) is 4. The van der Waals surface area contributed by atoms with Crippen molar-refractivity contribution in [1.29, 1.82) is 5.26 Å². The van der Waals surface area contributed by atoms with Crippen molar-refractivity contribution in [3.8, 4) is 6.07 Å². The van der Waals surface area contributed by atoms with Crippen LogP contribution in [0.25, 0.3) is 0 Å². The van der Waals surface area contributed by atoms with E-state index in [9.17, 15) is 4.79 Å². The largest absolute Gasteiger partial charge is 0.328 e. The molecule has 0 saturated heterocycles. The molecule has 2 aromatic rings. The van der Waals surface area contributed by atoms with Gasteiger partial charge in [-0.25, -0.2) is 9.97 Å². The van der Waals surface area contributed by atoms with Gasteiger partial charge in [-0.15, -0.1) is 0 Å². The van der Waals surface area contributed by atoms with Crippen molar-refractivity contribution in [2.45, 2.75) is 39.3 Å². The molecule has 1 aliphatic rings. The molecular weight excluding hydrogens is 288 g/mol. The third-order valence-electron chi connectivity index (χ3n) is 3.89. The van der Waals surface area contributed by atoms with Crippen LogP contribution in [0.3, 0.4) is 0 Å². The van der Waals surface area contributed by atoms with Gasteiger partial charge in [0.15, 0.2) is 0 Å². The highest BCUT2D eigenvalue weighted by molar-refractivity contribution is 5.96. The summed E-state index contributed by atoms with van der Waals surface area (Å²) in [6.07, 6.45) is 1.81. The molecule has 5 nitrogen and oxygen atoms in total. The molecule has 0 saturated carbocycles. The third-order valence-corrected chi connectivity index (χ3v) is 3.89. The Morgan fingerprint density at radius 3 is 2.70 bits per heavy atom. The Morgan fingerprint density at radius 2 is 2.00 bits per heavy atom. The van der Waals surface area contributed by atoms with E-state index in [-0.39, 0.29) is 11.3 Å². The number of fused-ring (bicyclic) bond motifs is 1. The van der Waals surface area contributed by atoms with Crippen molar-refractivity contribution >= 4 is 5.91 Å². The fourth-order valence-corrected chi connectivity index (χ4v) is 2.60. The maximum Gasteiger partial charge on any atom is 0.255 e. The normalized spacial score (nSPS) is 13.6. The summed E-state index contributed by atoms with van der Waals surface area (Å²) < 4.78 is 0. The van der Waals surface area contributed by atoms with Gasteiger partial charge in [-0.05, 0) is 12.1 Å². The van der Waals surface area contributed by atoms with E-state index in [0.29, 0.717) is 24.2 Å². The number of amides is 1. The number of rotatable bonds is 1. The van der Waals surface area contributed by atoms with Crippen LogP contribution < -0.4 is 0 Å². The van der Waals surface area contributed by atoms with Crippen LogP contribution in [0.15, 0.2) is 30.5 Å². The molecular formula is C18H18N4O. The van der Waals surface area contributed by atoms with E-state index in [1.165, 1.54) is 0 Å². The maximum atomic E-state index is 12.7. The van der Waals surface area contributed by atoms with Crippen molar-refractivity contribution < 1.29 is 4.79 Å². The lowest BCUT2D eigenvalue weighted by Gasteiger charge is -2.16. The third kappa shape index (κ3) is 2.80. The number of nitrogens with zero attached hydrogens (tertiary/aromatic N) is 4. The van der Waals surface area contributed by atoms with Crippen LogP contribution in [0.2, 0.25) is 0 Å². The first-order valence-corrected chi connectivity index (χ1v) is 7.54. The molecule has 0 N–H and O–H groups in total. The maximum absolute atomic E-state index is 12.7. The zero-order valence-electron chi connectivity index (χ0n) is 13.5. The van der Waals surface area contributed by atoms with Gasteiger partial charge in [0, 0.05) is 23.7 Å². The first kappa shape index (κ1) is 15.2. The molecule has 5 heteroatoms. The molecule has 1 aliphatic heterocycles. The number of aromatic nitrogens is 2. The summed E-state index contributed by atoms with van der Waals surface area (Å²) in [6.45, 7) is 7.14. The highest BCUT2D eigenvalue weighted by Crippen LogP contribution is 2.26. The van der Waals surface area contributed by atoms with Crippen molar-refractivity contribution in [1.82, 2.24) is 14.9 Å². The van der Waals surface area contributed by atoms with Crippen molar-refractivity contribution in [3.63, 3.8) is 0 Å². The Hall–Kier alpha value is -2.74. The Labute approximate surface area is 135 Å². The van der Waals surface area contributed by atoms with E-state index < -0.39 is 0 Å². The van der Waals surface area contributed by atoms with Crippen LogP contribution in [-0.2, 0) is 18.5 Å². The zero-order valence-corrected chi connectivity index (χ0v) is 13.5. The predicted molar refractivity (Wildman–Crippen MR) is 85.5 cm³/mol. The number of carbonyl (C=O) groups is 1. The van der Waals surface area contributed by atoms with Gasteiger partial charge in [-0.2, -0.15) is 5.26 Å². The van der Waals surface area contributed by atoms with Gasteiger partial charge in [0.25, 0.3) is 5.91 Å². The quantitative estimate of drug-likeness (QED) is 0.812. The number of carbonyl (C=O) groups excluding carboxylic acids is 1. The highest BCUT2D eigenvalue weighted by atomic mass is 16.2. The highest BCUT2D eigenvalue weighted by Gasteiger charge is 2.28. The molecule has 0 aliphatic carbocycles. The molecule has 1 aromatic carbocycles. The van der Waals surface area contributed by atoms with Crippen LogP contribution in [0, 0.1) is 11.3 Å². The van der Waals surface area contributed by atoms with Gasteiger partial charge in [-0.1, -0.05) is 32.9 Å². The molecule has 0 fully saturated rings. The lowest BCUT2D eigenvalue weighted by atomic mass is 9.95. The average molecular weight is 306 g/mol. The van der Waals surface area contributed by atoms with E-state index in [2.05, 4.69) is 36.8 Å². The molecule has 0 radical (unpaired) electrons. The lowest BCUT2D eigenvalue weighted by Crippen LogP contribution is -2.26. The van der Waals surface area contributed by atoms with Gasteiger partial charge in [0.2, 0.25) is 0 Å². The minimum Gasteiger partial charge on any atom is -0.328 e. The summed E-state index contributed by atoms with van der Waals surface area (Å²) >= 11 is 0. The minimum absolute atomic E-state index is 0.125. The summed E-state index contributed by atoms with van der Waals surface area (Å²) in [6, 6.07) is 8.96. The van der Waals surface area contributed by atoms with Crippen LogP contribution >= 0.6 is 0 Å². The second-order valence-electron chi connectivity index (χ2n) is 6.73. The van der Waals surface area contributed by atoms with Crippen LogP contribution in [0.1, 0.15) is 53.8 Å². The predicted octanol–water partition coefficient (Wildman–Crippen LogP) is 2.80. The van der Waals surface area contributed by atoms with Crippen LogP contribution in [-0.4, -0.2) is 20.8 Å². The molecule has 2 heterocycles. The number of benzene rings is 1. The molecule has 116 valence electrons. The summed E-state index contributed by atoms with van der Waals surface area (Å²) in [5.74, 6) is 0.639. The van der Waals surface area contributed by atoms with Crippen molar-refractivity contribution in [3.05, 3.63) is 58.7 Å². The van der Waals surface area contributed by atoms with E-state index >= 15 is 0 Å². The SMILES string of the molecule is CC(C)(C)c1ncc2c(n1)CN(C(=O)c1ccccc1C#N)C2. The minimum atomic E-state index is -0.141.